The maximum atomic E-state index is 15.1. The van der Waals surface area contributed by atoms with E-state index in [1.165, 1.54) is 11.3 Å². The van der Waals surface area contributed by atoms with Gasteiger partial charge in [0, 0.05) is 43.0 Å². The van der Waals surface area contributed by atoms with Crippen LogP contribution >= 0.6 is 11.3 Å². The second-order valence-corrected chi connectivity index (χ2v) is 10.5. The monoisotopic (exact) mass is 484 g/mol. The number of anilines is 2. The fourth-order valence-electron chi connectivity index (χ4n) is 4.85. The van der Waals surface area contributed by atoms with E-state index in [0.717, 1.165) is 27.2 Å². The minimum atomic E-state index is -0.540. The van der Waals surface area contributed by atoms with Gasteiger partial charge in [0.2, 0.25) is 0 Å². The number of fused-ring (bicyclic) bond motifs is 2. The SMILES string of the molecule is COC1(C)CN(c2nc3c(cc2F)CC(NC(=O)c2sc4nc(C)ccc4c2N)CC3)CC1N. The molecule has 0 saturated carbocycles. The number of methoxy groups -OCH3 is 1. The fourth-order valence-corrected chi connectivity index (χ4v) is 5.89. The van der Waals surface area contributed by atoms with Crippen LogP contribution in [0.25, 0.3) is 10.2 Å². The number of nitrogens with zero attached hydrogens (tertiary/aromatic N) is 3. The molecule has 0 spiro atoms. The van der Waals surface area contributed by atoms with Crippen LogP contribution in [-0.2, 0) is 17.6 Å². The summed E-state index contributed by atoms with van der Waals surface area (Å²) in [6.07, 6.45) is 1.88. The predicted molar refractivity (Wildman–Crippen MR) is 132 cm³/mol. The summed E-state index contributed by atoms with van der Waals surface area (Å²) in [5.74, 6) is -0.284. The number of carbonyl (C=O) groups excluding carboxylic acids is 1. The van der Waals surface area contributed by atoms with Gasteiger partial charge >= 0.3 is 0 Å². The number of hydrogen-bond donors (Lipinski definition) is 3. The molecule has 4 heterocycles. The number of nitrogens with one attached hydrogen (secondary N) is 1. The van der Waals surface area contributed by atoms with E-state index >= 15 is 4.39 Å². The van der Waals surface area contributed by atoms with Crippen LogP contribution in [0.3, 0.4) is 0 Å². The molecule has 3 unspecified atom stereocenters. The largest absolute Gasteiger partial charge is 0.397 e. The Morgan fingerprint density at radius 1 is 1.38 bits per heavy atom. The molecular weight excluding hydrogens is 455 g/mol. The van der Waals surface area contributed by atoms with Crippen molar-refractivity contribution < 1.29 is 13.9 Å². The van der Waals surface area contributed by atoms with Gasteiger partial charge in [-0.15, -0.1) is 11.3 Å². The van der Waals surface area contributed by atoms with E-state index < -0.39 is 5.60 Å². The van der Waals surface area contributed by atoms with E-state index in [4.69, 9.17) is 16.2 Å². The first-order valence-electron chi connectivity index (χ1n) is 11.4. The Hall–Kier alpha value is -2.82. The summed E-state index contributed by atoms with van der Waals surface area (Å²) in [5, 5.41) is 3.87. The quantitative estimate of drug-likeness (QED) is 0.521. The van der Waals surface area contributed by atoms with Crippen molar-refractivity contribution in [3.05, 3.63) is 45.8 Å². The molecule has 1 aliphatic carbocycles. The van der Waals surface area contributed by atoms with Crippen molar-refractivity contribution in [3.8, 4) is 0 Å². The average Bonchev–Trinajstić information content (AvgIpc) is 3.29. The molecule has 1 fully saturated rings. The third kappa shape index (κ3) is 3.89. The van der Waals surface area contributed by atoms with Gasteiger partial charge in [-0.05, 0) is 56.9 Å². The first-order chi connectivity index (χ1) is 16.2. The van der Waals surface area contributed by atoms with E-state index in [-0.39, 0.29) is 23.8 Å². The van der Waals surface area contributed by atoms with Crippen molar-refractivity contribution in [3.63, 3.8) is 0 Å². The summed E-state index contributed by atoms with van der Waals surface area (Å²) in [4.78, 5) is 25.2. The minimum absolute atomic E-state index is 0.122. The number of pyridine rings is 2. The molecule has 180 valence electrons. The number of thiophene rings is 1. The number of nitrogens with two attached hydrogens (primary N) is 2. The summed E-state index contributed by atoms with van der Waals surface area (Å²) in [5.41, 5.74) is 14.9. The van der Waals surface area contributed by atoms with Gasteiger partial charge in [-0.25, -0.2) is 14.4 Å². The van der Waals surface area contributed by atoms with Crippen LogP contribution in [-0.4, -0.2) is 53.8 Å². The summed E-state index contributed by atoms with van der Waals surface area (Å²) >= 11 is 1.29. The molecular formula is C24H29FN6O2S. The van der Waals surface area contributed by atoms with Crippen molar-refractivity contribution in [1.82, 2.24) is 15.3 Å². The van der Waals surface area contributed by atoms with Gasteiger partial charge in [0.05, 0.1) is 17.3 Å². The average molecular weight is 485 g/mol. The highest BCUT2D eigenvalue weighted by Gasteiger charge is 2.42. The Balaban J connectivity index is 1.32. The molecule has 3 aromatic heterocycles. The fraction of sp³-hybridized carbons (Fsp3) is 0.458. The molecule has 1 amide bonds. The Morgan fingerprint density at radius 2 is 2.18 bits per heavy atom. The van der Waals surface area contributed by atoms with Crippen LogP contribution in [0.1, 0.15) is 40.0 Å². The van der Waals surface area contributed by atoms with Crippen LogP contribution in [0, 0.1) is 12.7 Å². The third-order valence-electron chi connectivity index (χ3n) is 7.07. The normalized spacial score (nSPS) is 24.4. The summed E-state index contributed by atoms with van der Waals surface area (Å²) < 4.78 is 20.6. The lowest BCUT2D eigenvalue weighted by Crippen LogP contribution is -2.45. The van der Waals surface area contributed by atoms with E-state index in [1.807, 2.05) is 30.9 Å². The van der Waals surface area contributed by atoms with Crippen molar-refractivity contribution >= 4 is 39.0 Å². The molecule has 3 aromatic rings. The summed E-state index contributed by atoms with van der Waals surface area (Å²) in [7, 11) is 1.62. The minimum Gasteiger partial charge on any atom is -0.397 e. The lowest BCUT2D eigenvalue weighted by atomic mass is 9.91. The number of ether oxygens (including phenoxy) is 1. The topological polar surface area (TPSA) is 119 Å². The highest BCUT2D eigenvalue weighted by Crippen LogP contribution is 2.34. The zero-order chi connectivity index (χ0) is 24.2. The molecule has 1 aliphatic heterocycles. The van der Waals surface area contributed by atoms with Crippen LogP contribution in [0.4, 0.5) is 15.9 Å². The lowest BCUT2D eigenvalue weighted by Gasteiger charge is -2.28. The van der Waals surface area contributed by atoms with Crippen LogP contribution in [0.2, 0.25) is 0 Å². The Labute approximate surface area is 201 Å². The van der Waals surface area contributed by atoms with Crippen LogP contribution in [0.15, 0.2) is 18.2 Å². The number of aryl methyl sites for hydroxylation is 2. The number of hydrogen-bond acceptors (Lipinski definition) is 8. The Morgan fingerprint density at radius 3 is 2.91 bits per heavy atom. The number of amides is 1. The molecule has 0 aromatic carbocycles. The van der Waals surface area contributed by atoms with E-state index in [9.17, 15) is 4.79 Å². The molecule has 10 heteroatoms. The lowest BCUT2D eigenvalue weighted by molar-refractivity contribution is 0.0128. The number of halogens is 1. The highest BCUT2D eigenvalue weighted by atomic mass is 32.1. The zero-order valence-electron chi connectivity index (χ0n) is 19.5. The number of carbonyl (C=O) groups is 1. The standard InChI is InChI=1S/C24H29FN6O2S/c1-12-4-6-15-19(27)20(34-23(15)28-12)22(32)29-14-5-7-17-13(8-14)9-16(25)21(30-17)31-10-18(26)24(2,11-31)33-3/h4,6,9,14,18H,5,7-8,10-11,26-27H2,1-3H3,(H,29,32). The molecule has 5 N–H and O–H groups in total. The van der Waals surface area contributed by atoms with Crippen molar-refractivity contribution in [2.75, 3.05) is 30.8 Å². The third-order valence-corrected chi connectivity index (χ3v) is 8.18. The smallest absolute Gasteiger partial charge is 0.263 e. The first kappa shape index (κ1) is 22.9. The van der Waals surface area contributed by atoms with Crippen molar-refractivity contribution in [1.29, 1.82) is 0 Å². The van der Waals surface area contributed by atoms with E-state index in [0.29, 0.717) is 48.7 Å². The van der Waals surface area contributed by atoms with E-state index in [1.54, 1.807) is 13.2 Å². The van der Waals surface area contributed by atoms with Crippen molar-refractivity contribution in [2.24, 2.45) is 5.73 Å². The molecule has 8 nitrogen and oxygen atoms in total. The van der Waals surface area contributed by atoms with Gasteiger partial charge in [-0.2, -0.15) is 0 Å². The Bertz CT molecular complexity index is 1280. The van der Waals surface area contributed by atoms with Crippen LogP contribution < -0.4 is 21.7 Å². The maximum Gasteiger partial charge on any atom is 0.263 e. The van der Waals surface area contributed by atoms with Gasteiger partial charge in [-0.1, -0.05) is 0 Å². The molecule has 34 heavy (non-hydrogen) atoms. The zero-order valence-corrected chi connectivity index (χ0v) is 20.3. The first-order valence-corrected chi connectivity index (χ1v) is 12.2. The molecule has 2 aliphatic rings. The Kier molecular flexibility index (Phi) is 5.70. The number of aromatic nitrogens is 2. The van der Waals surface area contributed by atoms with E-state index in [2.05, 4.69) is 15.3 Å². The summed E-state index contributed by atoms with van der Waals surface area (Å²) in [6.45, 7) is 4.80. The molecule has 0 bridgehead atoms. The van der Waals surface area contributed by atoms with Crippen molar-refractivity contribution in [2.45, 2.75) is 50.8 Å². The molecule has 3 atom stereocenters. The van der Waals surface area contributed by atoms with Gasteiger partial charge in [0.1, 0.15) is 9.71 Å². The molecule has 1 saturated heterocycles. The summed E-state index contributed by atoms with van der Waals surface area (Å²) in [6, 6.07) is 4.97. The van der Waals surface area contributed by atoms with Gasteiger partial charge in [0.15, 0.2) is 11.6 Å². The molecule has 5 rings (SSSR count). The second-order valence-electron chi connectivity index (χ2n) is 9.47. The molecule has 0 radical (unpaired) electrons. The highest BCUT2D eigenvalue weighted by molar-refractivity contribution is 7.21. The van der Waals surface area contributed by atoms with Gasteiger partial charge in [-0.3, -0.25) is 4.79 Å². The predicted octanol–water partition coefficient (Wildman–Crippen LogP) is 2.56. The van der Waals surface area contributed by atoms with Gasteiger partial charge in [0.25, 0.3) is 5.91 Å². The second kappa shape index (κ2) is 8.44. The number of rotatable bonds is 4. The number of nitrogen functional groups attached to an aromatic ring is 1. The van der Waals surface area contributed by atoms with Crippen LogP contribution in [0.5, 0.6) is 0 Å². The van der Waals surface area contributed by atoms with Gasteiger partial charge < -0.3 is 26.4 Å². The maximum absolute atomic E-state index is 15.1.